The van der Waals surface area contributed by atoms with Crippen LogP contribution in [0.2, 0.25) is 0 Å². The second-order valence-corrected chi connectivity index (χ2v) is 4.01. The maximum atomic E-state index is 3.45. The number of hydrogen-bond acceptors (Lipinski definition) is 1. The van der Waals surface area contributed by atoms with E-state index >= 15 is 0 Å². The van der Waals surface area contributed by atoms with Crippen LogP contribution in [0.5, 0.6) is 0 Å². The average Bonchev–Trinajstić information content (AvgIpc) is 2.46. The topological polar surface area (TPSA) is 12.0 Å². The summed E-state index contributed by atoms with van der Waals surface area (Å²) in [6.07, 6.45) is 4.50. The Morgan fingerprint density at radius 2 is 1.90 bits per heavy atom. The van der Waals surface area contributed by atoms with Crippen molar-refractivity contribution in [1.29, 1.82) is 0 Å². The molecule has 0 spiro atoms. The Hall–Kier alpha value is -0.0400. The standard InChI is InChI=1S/C9H17N/c1-6-7-3-4-8(5-7)9(6)10-2/h6-10H,3-5H2,1-2H3/t6-,7+,8-,9+/m1/s1. The van der Waals surface area contributed by atoms with Gasteiger partial charge in [0.25, 0.3) is 0 Å². The van der Waals surface area contributed by atoms with E-state index in [0.717, 1.165) is 23.8 Å². The first-order valence-corrected chi connectivity index (χ1v) is 4.50. The monoisotopic (exact) mass is 139 g/mol. The van der Waals surface area contributed by atoms with Gasteiger partial charge in [0, 0.05) is 6.04 Å². The van der Waals surface area contributed by atoms with Gasteiger partial charge in [-0.2, -0.15) is 0 Å². The van der Waals surface area contributed by atoms with Crippen LogP contribution in [-0.4, -0.2) is 13.1 Å². The fourth-order valence-electron chi connectivity index (χ4n) is 3.08. The van der Waals surface area contributed by atoms with E-state index in [1.54, 1.807) is 0 Å². The lowest BCUT2D eigenvalue weighted by molar-refractivity contribution is 0.277. The van der Waals surface area contributed by atoms with E-state index < -0.39 is 0 Å². The van der Waals surface area contributed by atoms with Crippen LogP contribution in [0.4, 0.5) is 0 Å². The molecule has 0 unspecified atom stereocenters. The van der Waals surface area contributed by atoms with Crippen LogP contribution >= 0.6 is 0 Å². The molecule has 2 bridgehead atoms. The summed E-state index contributed by atoms with van der Waals surface area (Å²) in [5.41, 5.74) is 0. The average molecular weight is 139 g/mol. The van der Waals surface area contributed by atoms with Gasteiger partial charge in [0.1, 0.15) is 0 Å². The zero-order valence-electron chi connectivity index (χ0n) is 6.93. The molecule has 0 saturated heterocycles. The molecule has 2 fully saturated rings. The highest BCUT2D eigenvalue weighted by molar-refractivity contribution is 4.97. The molecule has 2 aliphatic carbocycles. The minimum absolute atomic E-state index is 0.846. The summed E-state index contributed by atoms with van der Waals surface area (Å²) in [6.45, 7) is 2.41. The molecule has 0 aliphatic heterocycles. The second-order valence-electron chi connectivity index (χ2n) is 4.01. The lowest BCUT2D eigenvalue weighted by Crippen LogP contribution is -2.36. The summed E-state index contributed by atoms with van der Waals surface area (Å²) < 4.78 is 0. The van der Waals surface area contributed by atoms with Gasteiger partial charge in [0.05, 0.1) is 0 Å². The fraction of sp³-hybridized carbons (Fsp3) is 1.00. The molecule has 4 atom stereocenters. The van der Waals surface area contributed by atoms with E-state index in [1.165, 1.54) is 19.3 Å². The van der Waals surface area contributed by atoms with Crippen LogP contribution in [0.1, 0.15) is 26.2 Å². The van der Waals surface area contributed by atoms with E-state index in [4.69, 9.17) is 0 Å². The predicted molar refractivity (Wildman–Crippen MR) is 42.8 cm³/mol. The van der Waals surface area contributed by atoms with Crippen molar-refractivity contribution in [3.05, 3.63) is 0 Å². The third kappa shape index (κ3) is 0.731. The van der Waals surface area contributed by atoms with E-state index in [9.17, 15) is 0 Å². The van der Waals surface area contributed by atoms with Gasteiger partial charge in [0.15, 0.2) is 0 Å². The van der Waals surface area contributed by atoms with Crippen molar-refractivity contribution >= 4 is 0 Å². The third-order valence-electron chi connectivity index (χ3n) is 3.66. The van der Waals surface area contributed by atoms with Crippen molar-refractivity contribution in [3.63, 3.8) is 0 Å². The van der Waals surface area contributed by atoms with Gasteiger partial charge < -0.3 is 5.32 Å². The van der Waals surface area contributed by atoms with Crippen LogP contribution < -0.4 is 5.32 Å². The van der Waals surface area contributed by atoms with Gasteiger partial charge in [0.2, 0.25) is 0 Å². The summed E-state index contributed by atoms with van der Waals surface area (Å²) in [6, 6.07) is 0.846. The highest BCUT2D eigenvalue weighted by Crippen LogP contribution is 2.47. The van der Waals surface area contributed by atoms with Crippen molar-refractivity contribution in [2.24, 2.45) is 17.8 Å². The molecule has 1 heteroatoms. The van der Waals surface area contributed by atoms with Crippen molar-refractivity contribution in [2.75, 3.05) is 7.05 Å². The number of hydrogen-bond donors (Lipinski definition) is 1. The van der Waals surface area contributed by atoms with Gasteiger partial charge in [-0.15, -0.1) is 0 Å². The predicted octanol–water partition coefficient (Wildman–Crippen LogP) is 1.64. The molecular formula is C9H17N. The van der Waals surface area contributed by atoms with Gasteiger partial charge >= 0.3 is 0 Å². The third-order valence-corrected chi connectivity index (χ3v) is 3.66. The van der Waals surface area contributed by atoms with Crippen molar-refractivity contribution in [2.45, 2.75) is 32.2 Å². The molecule has 0 aromatic carbocycles. The molecule has 58 valence electrons. The second kappa shape index (κ2) is 2.23. The largest absolute Gasteiger partial charge is 0.316 e. The van der Waals surface area contributed by atoms with E-state index in [-0.39, 0.29) is 0 Å². The van der Waals surface area contributed by atoms with Crippen LogP contribution in [0.15, 0.2) is 0 Å². The van der Waals surface area contributed by atoms with E-state index in [1.807, 2.05) is 0 Å². The normalized spacial score (nSPS) is 52.2. The van der Waals surface area contributed by atoms with Crippen LogP contribution in [-0.2, 0) is 0 Å². The molecule has 0 heterocycles. The summed E-state index contributed by atoms with van der Waals surface area (Å²) in [5, 5.41) is 3.45. The molecule has 0 aromatic heterocycles. The first-order chi connectivity index (χ1) is 4.83. The molecule has 1 nitrogen and oxygen atoms in total. The number of rotatable bonds is 1. The number of nitrogens with one attached hydrogen (secondary N) is 1. The Morgan fingerprint density at radius 3 is 2.30 bits per heavy atom. The Kier molecular flexibility index (Phi) is 1.48. The smallest absolute Gasteiger partial charge is 0.0121 e. The van der Waals surface area contributed by atoms with E-state index in [2.05, 4.69) is 19.3 Å². The lowest BCUT2D eigenvalue weighted by atomic mass is 9.86. The highest BCUT2D eigenvalue weighted by atomic mass is 14.9. The first kappa shape index (κ1) is 6.66. The number of fused-ring (bicyclic) bond motifs is 2. The summed E-state index contributed by atoms with van der Waals surface area (Å²) in [7, 11) is 2.11. The minimum Gasteiger partial charge on any atom is -0.316 e. The maximum absolute atomic E-state index is 3.45. The van der Waals surface area contributed by atoms with Crippen molar-refractivity contribution < 1.29 is 0 Å². The molecule has 0 radical (unpaired) electrons. The Bertz CT molecular complexity index is 131. The molecule has 2 aliphatic rings. The summed E-state index contributed by atoms with van der Waals surface area (Å²) in [5.74, 6) is 3.02. The molecule has 0 amide bonds. The zero-order chi connectivity index (χ0) is 7.14. The summed E-state index contributed by atoms with van der Waals surface area (Å²) >= 11 is 0. The molecular weight excluding hydrogens is 122 g/mol. The summed E-state index contributed by atoms with van der Waals surface area (Å²) in [4.78, 5) is 0. The van der Waals surface area contributed by atoms with Gasteiger partial charge in [-0.05, 0) is 44.1 Å². The lowest BCUT2D eigenvalue weighted by Gasteiger charge is -2.27. The van der Waals surface area contributed by atoms with Crippen LogP contribution in [0.25, 0.3) is 0 Å². The molecule has 0 aromatic rings. The molecule has 1 N–H and O–H groups in total. The van der Waals surface area contributed by atoms with Crippen LogP contribution in [0.3, 0.4) is 0 Å². The Balaban J connectivity index is 2.10. The first-order valence-electron chi connectivity index (χ1n) is 4.50. The van der Waals surface area contributed by atoms with Gasteiger partial charge in [-0.1, -0.05) is 6.92 Å². The highest BCUT2D eigenvalue weighted by Gasteiger charge is 2.44. The maximum Gasteiger partial charge on any atom is 0.0121 e. The van der Waals surface area contributed by atoms with Gasteiger partial charge in [-0.3, -0.25) is 0 Å². The van der Waals surface area contributed by atoms with Crippen molar-refractivity contribution in [3.8, 4) is 0 Å². The molecule has 2 rings (SSSR count). The molecule has 10 heavy (non-hydrogen) atoms. The van der Waals surface area contributed by atoms with Gasteiger partial charge in [-0.25, -0.2) is 0 Å². The van der Waals surface area contributed by atoms with Crippen LogP contribution in [0, 0.1) is 17.8 Å². The SMILES string of the molecule is CN[C@@H]1[C@@H]2CC[C@@H](C2)[C@H]1C. The molecule has 2 saturated carbocycles. The Labute approximate surface area is 63.2 Å². The Morgan fingerprint density at radius 1 is 1.20 bits per heavy atom. The minimum atomic E-state index is 0.846. The zero-order valence-corrected chi connectivity index (χ0v) is 6.93. The fourth-order valence-corrected chi connectivity index (χ4v) is 3.08. The van der Waals surface area contributed by atoms with Crippen molar-refractivity contribution in [1.82, 2.24) is 5.32 Å². The quantitative estimate of drug-likeness (QED) is 0.582. The van der Waals surface area contributed by atoms with E-state index in [0.29, 0.717) is 0 Å².